The van der Waals surface area contributed by atoms with Crippen LogP contribution in [0.15, 0.2) is 54.6 Å². The van der Waals surface area contributed by atoms with Crippen molar-refractivity contribution in [2.24, 2.45) is 0 Å². The molecule has 0 unspecified atom stereocenters. The number of benzene rings is 3. The van der Waals surface area contributed by atoms with Crippen LogP contribution >= 0.6 is 0 Å². The average molecular weight is 429 g/mol. The zero-order valence-corrected chi connectivity index (χ0v) is 16.0. The summed E-state index contributed by atoms with van der Waals surface area (Å²) in [5, 5.41) is 24.9. The summed E-state index contributed by atoms with van der Waals surface area (Å²) in [6, 6.07) is 18.4. The third-order valence-corrected chi connectivity index (χ3v) is 5.54. The minimum absolute atomic E-state index is 0.169. The Hall–Kier alpha value is -2.40. The lowest BCUT2D eigenvalue weighted by molar-refractivity contribution is -2.00. The van der Waals surface area contributed by atoms with Crippen molar-refractivity contribution in [2.75, 3.05) is 0 Å². The molecule has 1 aliphatic heterocycles. The number of aliphatic hydroxyl groups is 2. The maximum Gasteiger partial charge on any atom is 0.118 e. The standard InChI is InChI=1S/C21H15NO3.ClHO4/c23-18-14-8-7-12-9-11-6-5-10-3-1-2-4-13(10)16(11)22-17(12)15(14)20-21(25-20)19(18)24;2-1(3,4)5/h1-9,18-21,23-24H;(H,2,3,4,5)/p-1/t18-,19+,20-,21+;/m0./s1. The summed E-state index contributed by atoms with van der Waals surface area (Å²) in [5.74, 6) is 0. The van der Waals surface area contributed by atoms with Crippen LogP contribution in [0.25, 0.3) is 32.6 Å². The SMILES string of the molecule is O[C@H]1[C@H]2O[C@H]2c2c(ccc3cc4ccc5ccccc5c4nc23)[C@@H]1O.[O-][Cl+3]([O-])([O-])[O-]. The van der Waals surface area contributed by atoms with Crippen LogP contribution in [-0.4, -0.2) is 27.4 Å². The summed E-state index contributed by atoms with van der Waals surface area (Å²) in [4.78, 5) is 4.98. The van der Waals surface area contributed by atoms with E-state index >= 15 is 0 Å². The van der Waals surface area contributed by atoms with Crippen LogP contribution in [0, 0.1) is 10.2 Å². The van der Waals surface area contributed by atoms with Gasteiger partial charge in [-0.2, -0.15) is 0 Å². The predicted molar refractivity (Wildman–Crippen MR) is 95.3 cm³/mol. The number of nitrogens with zero attached hydrogens (tertiary/aromatic N) is 1. The highest BCUT2D eigenvalue weighted by atomic mass is 35.7. The van der Waals surface area contributed by atoms with Crippen LogP contribution in [-0.2, 0) is 4.74 Å². The summed E-state index contributed by atoms with van der Waals surface area (Å²) in [5.41, 5.74) is 3.47. The lowest BCUT2D eigenvalue weighted by Gasteiger charge is -2.24. The molecule has 8 nitrogen and oxygen atoms in total. The highest BCUT2D eigenvalue weighted by molar-refractivity contribution is 6.08. The Morgan fingerprint density at radius 2 is 1.47 bits per heavy atom. The zero-order chi connectivity index (χ0) is 21.2. The Kier molecular flexibility index (Phi) is 4.44. The molecule has 0 radical (unpaired) electrons. The van der Waals surface area contributed by atoms with E-state index in [1.807, 2.05) is 24.3 Å². The van der Waals surface area contributed by atoms with Crippen molar-refractivity contribution in [3.63, 3.8) is 0 Å². The second-order valence-electron chi connectivity index (χ2n) is 7.32. The molecule has 4 atom stereocenters. The molecule has 2 N–H and O–H groups in total. The zero-order valence-electron chi connectivity index (χ0n) is 15.3. The summed E-state index contributed by atoms with van der Waals surface area (Å²) in [6.45, 7) is 0. The first-order valence-electron chi connectivity index (χ1n) is 9.11. The van der Waals surface area contributed by atoms with Gasteiger partial charge >= 0.3 is 0 Å². The lowest BCUT2D eigenvalue weighted by atomic mass is 9.85. The van der Waals surface area contributed by atoms with Gasteiger partial charge in [0.1, 0.15) is 24.4 Å². The summed E-state index contributed by atoms with van der Waals surface area (Å²) in [7, 11) is -4.94. The number of hydrogen-bond donors (Lipinski definition) is 2. The van der Waals surface area contributed by atoms with E-state index in [0.29, 0.717) is 0 Å². The van der Waals surface area contributed by atoms with Crippen molar-refractivity contribution >= 4 is 32.6 Å². The Balaban J connectivity index is 0.000000349. The molecule has 3 aromatic carbocycles. The van der Waals surface area contributed by atoms with E-state index in [2.05, 4.69) is 30.3 Å². The van der Waals surface area contributed by atoms with E-state index in [9.17, 15) is 10.2 Å². The molecule has 1 aliphatic carbocycles. The number of rotatable bonds is 0. The van der Waals surface area contributed by atoms with Crippen LogP contribution in [0.1, 0.15) is 23.3 Å². The van der Waals surface area contributed by atoms with Crippen molar-refractivity contribution in [1.29, 1.82) is 0 Å². The van der Waals surface area contributed by atoms with Crippen molar-refractivity contribution in [3.05, 3.63) is 65.7 Å². The van der Waals surface area contributed by atoms with E-state index in [-0.39, 0.29) is 12.2 Å². The average Bonchev–Trinajstić information content (AvgIpc) is 3.49. The number of ether oxygens (including phenoxy) is 1. The molecule has 2 heterocycles. The van der Waals surface area contributed by atoms with Crippen LogP contribution in [0.3, 0.4) is 0 Å². The van der Waals surface area contributed by atoms with Crippen molar-refractivity contribution in [3.8, 4) is 0 Å². The molecule has 0 bridgehead atoms. The Morgan fingerprint density at radius 3 is 2.23 bits per heavy atom. The van der Waals surface area contributed by atoms with E-state index < -0.39 is 22.5 Å². The largest absolute Gasteiger partial charge is 0.387 e. The van der Waals surface area contributed by atoms with Gasteiger partial charge in [0.05, 0.1) is 11.0 Å². The van der Waals surface area contributed by atoms with Crippen LogP contribution in [0.2, 0.25) is 0 Å². The topological polar surface area (TPSA) is 158 Å². The number of hydrogen-bond acceptors (Lipinski definition) is 8. The Bertz CT molecular complexity index is 1280. The molecule has 6 rings (SSSR count). The van der Waals surface area contributed by atoms with E-state index in [4.69, 9.17) is 28.4 Å². The fraction of sp³-hybridized carbons (Fsp3) is 0.190. The molecule has 1 fully saturated rings. The minimum Gasteiger partial charge on any atom is -0.387 e. The summed E-state index contributed by atoms with van der Waals surface area (Å²) >= 11 is 0. The number of halogens is 1. The summed E-state index contributed by atoms with van der Waals surface area (Å²) in [6.07, 6.45) is -2.28. The minimum atomic E-state index is -4.94. The van der Waals surface area contributed by atoms with Crippen molar-refractivity contribution in [2.45, 2.75) is 24.4 Å². The van der Waals surface area contributed by atoms with Gasteiger partial charge < -0.3 is 14.9 Å². The fourth-order valence-electron chi connectivity index (χ4n) is 4.21. The molecule has 1 aromatic heterocycles. The van der Waals surface area contributed by atoms with Gasteiger partial charge in [0, 0.05) is 21.7 Å². The van der Waals surface area contributed by atoms with Gasteiger partial charge in [-0.3, -0.25) is 0 Å². The maximum absolute atomic E-state index is 10.4. The molecule has 0 amide bonds. The monoisotopic (exact) mass is 428 g/mol. The summed E-state index contributed by atoms with van der Waals surface area (Å²) < 4.78 is 39.6. The first kappa shape index (κ1) is 19.6. The van der Waals surface area contributed by atoms with Crippen molar-refractivity contribution in [1.82, 2.24) is 4.98 Å². The molecule has 0 spiro atoms. The number of aliphatic hydroxyl groups excluding tert-OH is 2. The highest BCUT2D eigenvalue weighted by Crippen LogP contribution is 2.52. The van der Waals surface area contributed by atoms with Crippen molar-refractivity contribution < 1.29 is 43.8 Å². The molecular formula is C21H15ClNO7-. The van der Waals surface area contributed by atoms with E-state index in [1.165, 1.54) is 0 Å². The van der Waals surface area contributed by atoms with Crippen LogP contribution < -0.4 is 18.6 Å². The predicted octanol–water partition coefficient (Wildman–Crippen LogP) is -1.37. The highest BCUT2D eigenvalue weighted by Gasteiger charge is 2.54. The smallest absolute Gasteiger partial charge is 0.118 e. The van der Waals surface area contributed by atoms with Gasteiger partial charge in [0.15, 0.2) is 0 Å². The van der Waals surface area contributed by atoms with Gasteiger partial charge in [-0.25, -0.2) is 23.6 Å². The maximum atomic E-state index is 10.4. The second-order valence-corrected chi connectivity index (χ2v) is 8.08. The van der Waals surface area contributed by atoms with Gasteiger partial charge in [-0.05, 0) is 17.0 Å². The molecule has 0 saturated carbocycles. The molecule has 2 aliphatic rings. The van der Waals surface area contributed by atoms with Gasteiger partial charge in [0.25, 0.3) is 0 Å². The van der Waals surface area contributed by atoms with Gasteiger partial charge in [-0.15, -0.1) is 10.2 Å². The second kappa shape index (κ2) is 6.81. The first-order chi connectivity index (χ1) is 14.2. The molecule has 4 aromatic rings. The van der Waals surface area contributed by atoms with E-state index in [0.717, 1.165) is 43.7 Å². The normalized spacial score (nSPS) is 24.9. The van der Waals surface area contributed by atoms with Crippen LogP contribution in [0.5, 0.6) is 0 Å². The number of fused-ring (bicyclic) bond motifs is 8. The lowest BCUT2D eigenvalue weighted by Crippen LogP contribution is -2.68. The Morgan fingerprint density at radius 1 is 0.833 bits per heavy atom. The molecule has 30 heavy (non-hydrogen) atoms. The van der Waals surface area contributed by atoms with Gasteiger partial charge in [-0.1, -0.05) is 48.5 Å². The molecular weight excluding hydrogens is 414 g/mol. The number of pyridine rings is 1. The van der Waals surface area contributed by atoms with Gasteiger partial charge in [0.2, 0.25) is 0 Å². The fourth-order valence-corrected chi connectivity index (χ4v) is 4.21. The Labute approximate surface area is 171 Å². The number of epoxide rings is 1. The first-order valence-corrected chi connectivity index (χ1v) is 10.3. The molecule has 1 saturated heterocycles. The molecule has 9 heteroatoms. The number of aromatic nitrogens is 1. The quantitative estimate of drug-likeness (QED) is 0.197. The molecule has 154 valence electrons. The third-order valence-electron chi connectivity index (χ3n) is 5.54. The third kappa shape index (κ3) is 3.29. The van der Waals surface area contributed by atoms with E-state index in [1.54, 1.807) is 0 Å². The van der Waals surface area contributed by atoms with Crippen LogP contribution in [0.4, 0.5) is 0 Å².